The summed E-state index contributed by atoms with van der Waals surface area (Å²) in [6.07, 6.45) is 0. The van der Waals surface area contributed by atoms with Crippen LogP contribution >= 0.6 is 0 Å². The van der Waals surface area contributed by atoms with Crippen molar-refractivity contribution >= 4 is 46.6 Å². The number of benzene rings is 6. The van der Waals surface area contributed by atoms with Gasteiger partial charge in [0.05, 0.1) is 0 Å². The van der Waals surface area contributed by atoms with Gasteiger partial charge in [-0.2, -0.15) is 0 Å². The molecule has 6 aromatic rings. The maximum atomic E-state index is 3.95. The zero-order valence-corrected chi connectivity index (χ0v) is 28.3. The Labute approximate surface area is 280 Å². The molecule has 0 unspecified atom stereocenters. The smallest absolute Gasteiger partial charge is 0.198 e. The molecule has 1 aliphatic heterocycles. The third-order valence-corrected chi connectivity index (χ3v) is 10.7. The van der Waals surface area contributed by atoms with Crippen LogP contribution in [0.15, 0.2) is 127 Å². The number of para-hydroxylation sites is 3. The van der Waals surface area contributed by atoms with Gasteiger partial charge in [-0.25, -0.2) is 0 Å². The van der Waals surface area contributed by atoms with Gasteiger partial charge < -0.3 is 10.2 Å². The second kappa shape index (κ2) is 10.8. The van der Waals surface area contributed by atoms with E-state index < -0.39 is 0 Å². The molecule has 2 nitrogen and oxygen atoms in total. The number of hydrogen-bond acceptors (Lipinski definition) is 2. The second-order valence-electron chi connectivity index (χ2n) is 14.5. The molecule has 0 aromatic heterocycles. The molecule has 0 radical (unpaired) electrons. The molecular weight excluding hydrogens is 567 g/mol. The lowest BCUT2D eigenvalue weighted by atomic mass is 9.57. The fraction of sp³-hybridized carbons (Fsp3) is 0.182. The van der Waals surface area contributed by atoms with Gasteiger partial charge in [-0.1, -0.05) is 118 Å². The average Bonchev–Trinajstić information content (AvgIpc) is 3.07. The van der Waals surface area contributed by atoms with E-state index in [1.165, 1.54) is 72.5 Å². The molecule has 1 aliphatic carbocycles. The van der Waals surface area contributed by atoms with Crippen molar-refractivity contribution in [3.63, 3.8) is 0 Å². The summed E-state index contributed by atoms with van der Waals surface area (Å²) in [7, 11) is 0.878. The normalized spacial score (nSPS) is 15.1. The Hall–Kier alpha value is -5.02. The van der Waals surface area contributed by atoms with Gasteiger partial charge in [-0.15, -0.1) is 0 Å². The summed E-state index contributed by atoms with van der Waals surface area (Å²) in [5.41, 5.74) is 19.0. The Morgan fingerprint density at radius 1 is 0.532 bits per heavy atom. The summed E-state index contributed by atoms with van der Waals surface area (Å²) < 4.78 is 0. The highest BCUT2D eigenvalue weighted by Crippen LogP contribution is 2.52. The van der Waals surface area contributed by atoms with Crippen LogP contribution in [-0.2, 0) is 10.8 Å². The molecule has 0 spiro atoms. The zero-order valence-electron chi connectivity index (χ0n) is 28.3. The minimum atomic E-state index is -0.149. The first-order valence-electron chi connectivity index (χ1n) is 16.8. The van der Waals surface area contributed by atoms with Gasteiger partial charge >= 0.3 is 0 Å². The summed E-state index contributed by atoms with van der Waals surface area (Å²) in [6.45, 7) is 14.0. The van der Waals surface area contributed by atoms with Crippen LogP contribution < -0.4 is 21.1 Å². The molecule has 0 fully saturated rings. The number of aryl methyl sites for hydroxylation is 2. The van der Waals surface area contributed by atoms with Crippen LogP contribution in [0.5, 0.6) is 0 Å². The predicted octanol–water partition coefficient (Wildman–Crippen LogP) is 9.85. The second-order valence-corrected chi connectivity index (χ2v) is 14.5. The van der Waals surface area contributed by atoms with Gasteiger partial charge in [0.2, 0.25) is 0 Å². The maximum Gasteiger partial charge on any atom is 0.198 e. The fourth-order valence-corrected chi connectivity index (χ4v) is 8.16. The van der Waals surface area contributed by atoms with E-state index in [1.54, 1.807) is 0 Å². The molecule has 1 heterocycles. The van der Waals surface area contributed by atoms with Crippen LogP contribution in [0, 0.1) is 13.8 Å². The standard InChI is InChI=1S/C44H41BN2/c1-28-24-32(42-41(25-28)47(30-17-8-7-9-18-30)40-23-15-13-21-37(40)45-42)31-26-35-36(27-39(31)46-38-22-14-10-16-29(38)2)44(5,6)34-20-12-11-19-33(34)43(35,3)4/h7-27,45-46H,1-6H3. The Morgan fingerprint density at radius 3 is 1.87 bits per heavy atom. The Bertz CT molecular complexity index is 2180. The lowest BCUT2D eigenvalue weighted by Gasteiger charge is -2.44. The highest BCUT2D eigenvalue weighted by molar-refractivity contribution is 6.73. The van der Waals surface area contributed by atoms with Gasteiger partial charge in [0.1, 0.15) is 0 Å². The molecule has 0 saturated carbocycles. The van der Waals surface area contributed by atoms with Crippen LogP contribution in [-0.4, -0.2) is 7.28 Å². The number of fused-ring (bicyclic) bond motifs is 4. The van der Waals surface area contributed by atoms with E-state index in [2.05, 4.69) is 179 Å². The largest absolute Gasteiger partial charge is 0.355 e. The molecule has 0 bridgehead atoms. The van der Waals surface area contributed by atoms with Gasteiger partial charge in [-0.05, 0) is 101 Å². The van der Waals surface area contributed by atoms with E-state index in [9.17, 15) is 0 Å². The van der Waals surface area contributed by atoms with Crippen LogP contribution in [0.4, 0.5) is 28.4 Å². The first-order chi connectivity index (χ1) is 22.6. The number of nitrogens with zero attached hydrogens (tertiary/aromatic N) is 1. The first kappa shape index (κ1) is 29.4. The van der Waals surface area contributed by atoms with Gasteiger partial charge in [0.15, 0.2) is 7.28 Å². The van der Waals surface area contributed by atoms with E-state index in [-0.39, 0.29) is 10.8 Å². The predicted molar refractivity (Wildman–Crippen MR) is 203 cm³/mol. The molecule has 0 amide bonds. The van der Waals surface area contributed by atoms with Crippen molar-refractivity contribution < 1.29 is 0 Å². The quantitative estimate of drug-likeness (QED) is 0.200. The van der Waals surface area contributed by atoms with E-state index in [1.807, 2.05) is 0 Å². The lowest BCUT2D eigenvalue weighted by Crippen LogP contribution is -2.41. The topological polar surface area (TPSA) is 15.3 Å². The molecule has 6 aromatic carbocycles. The van der Waals surface area contributed by atoms with Crippen molar-refractivity contribution in [1.29, 1.82) is 0 Å². The fourth-order valence-electron chi connectivity index (χ4n) is 8.16. The SMILES string of the molecule is Cc1cc(-c2cc3c(cc2Nc2ccccc2C)C(C)(C)c2ccccc2C3(C)C)c2c(c1)N(c1ccccc1)c1ccccc1B2. The zero-order chi connectivity index (χ0) is 32.5. The molecule has 0 atom stereocenters. The van der Waals surface area contributed by atoms with Crippen molar-refractivity contribution in [2.45, 2.75) is 52.4 Å². The van der Waals surface area contributed by atoms with E-state index in [0.717, 1.165) is 18.7 Å². The van der Waals surface area contributed by atoms with Gasteiger partial charge in [0, 0.05) is 44.8 Å². The Morgan fingerprint density at radius 2 is 1.15 bits per heavy atom. The highest BCUT2D eigenvalue weighted by atomic mass is 15.1. The monoisotopic (exact) mass is 608 g/mol. The minimum Gasteiger partial charge on any atom is -0.355 e. The third kappa shape index (κ3) is 4.63. The molecule has 8 rings (SSSR count). The maximum absolute atomic E-state index is 3.95. The van der Waals surface area contributed by atoms with Crippen LogP contribution in [0.25, 0.3) is 11.1 Å². The summed E-state index contributed by atoms with van der Waals surface area (Å²) in [4.78, 5) is 2.46. The molecule has 3 heteroatoms. The average molecular weight is 609 g/mol. The Balaban J connectivity index is 1.42. The number of rotatable bonds is 4. The van der Waals surface area contributed by atoms with Crippen LogP contribution in [0.1, 0.15) is 61.1 Å². The van der Waals surface area contributed by atoms with E-state index >= 15 is 0 Å². The third-order valence-electron chi connectivity index (χ3n) is 10.7. The van der Waals surface area contributed by atoms with Crippen LogP contribution in [0.3, 0.4) is 0 Å². The first-order valence-corrected chi connectivity index (χ1v) is 16.8. The summed E-state index contributed by atoms with van der Waals surface area (Å²) in [5.74, 6) is 0. The molecule has 1 N–H and O–H groups in total. The van der Waals surface area contributed by atoms with E-state index in [0.29, 0.717) is 0 Å². The Kier molecular flexibility index (Phi) is 6.74. The summed E-state index contributed by atoms with van der Waals surface area (Å²) in [6, 6.07) is 47.2. The molecule has 47 heavy (non-hydrogen) atoms. The van der Waals surface area contributed by atoms with Crippen molar-refractivity contribution in [1.82, 2.24) is 0 Å². The molecular formula is C44H41BN2. The minimum absolute atomic E-state index is 0.142. The molecule has 230 valence electrons. The lowest BCUT2D eigenvalue weighted by molar-refractivity contribution is 0.521. The summed E-state index contributed by atoms with van der Waals surface area (Å²) >= 11 is 0. The number of anilines is 5. The summed E-state index contributed by atoms with van der Waals surface area (Å²) in [5, 5.41) is 3.95. The van der Waals surface area contributed by atoms with Crippen molar-refractivity contribution in [2.24, 2.45) is 0 Å². The van der Waals surface area contributed by atoms with E-state index in [4.69, 9.17) is 0 Å². The molecule has 0 saturated heterocycles. The van der Waals surface area contributed by atoms with Crippen LogP contribution in [0.2, 0.25) is 0 Å². The highest BCUT2D eigenvalue weighted by Gasteiger charge is 2.42. The molecule has 2 aliphatic rings. The number of nitrogens with one attached hydrogen (secondary N) is 1. The van der Waals surface area contributed by atoms with Crippen molar-refractivity contribution in [2.75, 3.05) is 10.2 Å². The van der Waals surface area contributed by atoms with Crippen molar-refractivity contribution in [3.8, 4) is 11.1 Å². The van der Waals surface area contributed by atoms with Gasteiger partial charge in [-0.3, -0.25) is 0 Å². The number of hydrogen-bond donors (Lipinski definition) is 1. The van der Waals surface area contributed by atoms with Crippen molar-refractivity contribution in [3.05, 3.63) is 161 Å². The van der Waals surface area contributed by atoms with Gasteiger partial charge in [0.25, 0.3) is 0 Å².